The van der Waals surface area contributed by atoms with Crippen LogP contribution in [0.5, 0.6) is 0 Å². The molecule has 55 heavy (non-hydrogen) atoms. The summed E-state index contributed by atoms with van der Waals surface area (Å²) in [5.74, 6) is -3.15. The Morgan fingerprint density at radius 3 is 2.42 bits per heavy atom. The molecule has 0 bridgehead atoms. The Balaban J connectivity index is 1.27. The zero-order valence-corrected chi connectivity index (χ0v) is 36.3. The molecule has 10 nitrogen and oxygen atoms in total. The van der Waals surface area contributed by atoms with Gasteiger partial charge in [-0.15, -0.1) is 11.3 Å². The lowest BCUT2D eigenvalue weighted by atomic mass is 9.78. The molecule has 1 amide bonds. The van der Waals surface area contributed by atoms with E-state index in [0.29, 0.717) is 26.1 Å². The minimum absolute atomic E-state index is 0.165. The van der Waals surface area contributed by atoms with E-state index >= 15 is 0 Å². The van der Waals surface area contributed by atoms with E-state index in [2.05, 4.69) is 60.8 Å². The summed E-state index contributed by atoms with van der Waals surface area (Å²) < 4.78 is 4.38. The normalized spacial score (nSPS) is 32.3. The summed E-state index contributed by atoms with van der Waals surface area (Å²) >= 11 is 5.21. The van der Waals surface area contributed by atoms with Gasteiger partial charge in [0.2, 0.25) is 5.91 Å². The zero-order chi connectivity index (χ0) is 40.4. The highest BCUT2D eigenvalue weighted by Gasteiger charge is 2.47. The number of amides is 1. The van der Waals surface area contributed by atoms with Crippen molar-refractivity contribution in [1.82, 2.24) is 10.2 Å². The molecule has 3 aromatic rings. The molecule has 2 aliphatic rings. The fourth-order valence-corrected chi connectivity index (χ4v) is 10.5. The second-order valence-corrected chi connectivity index (χ2v) is 19.2. The number of carbonyl (C=O) groups is 2. The number of benzene rings is 2. The molecule has 6 N–H and O–H groups in total. The fraction of sp³-hybridized carbons (Fsp3) is 0.524. The summed E-state index contributed by atoms with van der Waals surface area (Å²) in [7, 11) is 0. The molecule has 0 saturated carbocycles. The van der Waals surface area contributed by atoms with Crippen molar-refractivity contribution in [2.24, 2.45) is 17.8 Å². The van der Waals surface area contributed by atoms with Gasteiger partial charge < -0.3 is 35.6 Å². The topological polar surface area (TPSA) is 160 Å². The number of aliphatic hydroxyl groups excluding tert-OH is 3. The first-order valence-corrected chi connectivity index (χ1v) is 21.7. The van der Waals surface area contributed by atoms with Crippen molar-refractivity contribution in [3.63, 3.8) is 0 Å². The fourth-order valence-electron chi connectivity index (χ4n) is 7.66. The van der Waals surface area contributed by atoms with E-state index in [1.54, 1.807) is 65.6 Å². The van der Waals surface area contributed by atoms with Crippen LogP contribution < -0.4 is 5.32 Å². The Morgan fingerprint density at radius 2 is 1.69 bits per heavy atom. The summed E-state index contributed by atoms with van der Waals surface area (Å²) in [6.07, 6.45) is 0.0513. The van der Waals surface area contributed by atoms with E-state index in [-0.39, 0.29) is 18.2 Å². The van der Waals surface area contributed by atoms with Crippen molar-refractivity contribution in [2.75, 3.05) is 19.6 Å². The van der Waals surface area contributed by atoms with Gasteiger partial charge >= 0.3 is 5.97 Å². The van der Waals surface area contributed by atoms with Crippen molar-refractivity contribution in [2.45, 2.75) is 111 Å². The Morgan fingerprint density at radius 1 is 1.00 bits per heavy atom. The molecule has 1 fully saturated rings. The van der Waals surface area contributed by atoms with Crippen LogP contribution in [0.4, 0.5) is 0 Å². The average Bonchev–Trinajstić information content (AvgIpc) is 3.52. The third kappa shape index (κ3) is 10.0. The number of alkyl halides is 1. The molecule has 3 heterocycles. The second-order valence-electron chi connectivity index (χ2n) is 15.9. The molecule has 1 saturated heterocycles. The summed E-state index contributed by atoms with van der Waals surface area (Å²) in [4.78, 5) is 32.6. The minimum Gasteiger partial charge on any atom is -0.448 e. The number of hydrogen-bond donors (Lipinski definition) is 6. The Hall–Kier alpha value is -2.34. The standard InChI is InChI=1S/C42H55IN2O8S2/c1-23-13-15-33-31(19-23)36-30(29-11-8-9-12-32(29)55-33)20-28(54-36)14-16-34(46)44-17-10-18-45-22-24(2)21-41(6,51)37(48)25(3)35(47)26(4)39(50)53-40(43)42(7,52)38(49)27(45)5/h8-9,11-16,19-20,24-27,35,37-38,40,47-49,51-52H,10,17-18,21-22H2,1-7H3,(H,44,46)/b16-14+/t24-,25+,26-,27-,35+,37-,38-,40+,41-,42+/m1/s1. The number of nitrogens with one attached hydrogen (secondary N) is 1. The van der Waals surface area contributed by atoms with Gasteiger partial charge in [-0.3, -0.25) is 14.5 Å². The molecular weight excluding hydrogens is 852 g/mol. The molecular formula is C42H55IN2O8S2. The number of ether oxygens (including phenoxy) is 1. The third-order valence-corrected chi connectivity index (χ3v) is 14.8. The van der Waals surface area contributed by atoms with Gasteiger partial charge in [0.05, 0.1) is 23.7 Å². The van der Waals surface area contributed by atoms with E-state index in [1.807, 2.05) is 17.9 Å². The van der Waals surface area contributed by atoms with Crippen LogP contribution in [0.25, 0.3) is 27.6 Å². The summed E-state index contributed by atoms with van der Waals surface area (Å²) in [6.45, 7) is 12.9. The van der Waals surface area contributed by atoms with E-state index in [1.165, 1.54) is 52.1 Å². The predicted molar refractivity (Wildman–Crippen MR) is 227 cm³/mol. The van der Waals surface area contributed by atoms with Crippen molar-refractivity contribution >= 4 is 63.6 Å². The van der Waals surface area contributed by atoms with Gasteiger partial charge in [0, 0.05) is 68.3 Å². The van der Waals surface area contributed by atoms with Crippen LogP contribution in [0.3, 0.4) is 0 Å². The number of halogens is 1. The predicted octanol–water partition coefficient (Wildman–Crippen LogP) is 6.27. The first-order chi connectivity index (χ1) is 25.8. The van der Waals surface area contributed by atoms with Gasteiger partial charge in [-0.1, -0.05) is 55.4 Å². The molecule has 2 aliphatic heterocycles. The second kappa shape index (κ2) is 18.1. The highest BCUT2D eigenvalue weighted by Crippen LogP contribution is 2.51. The molecule has 0 radical (unpaired) electrons. The summed E-state index contributed by atoms with van der Waals surface area (Å²) in [5.41, 5.74) is 1.25. The number of hydrogen-bond acceptors (Lipinski definition) is 11. The number of aliphatic hydroxyl groups is 5. The number of nitrogens with zero attached hydrogens (tertiary/aromatic N) is 1. The number of esters is 1. The lowest BCUT2D eigenvalue weighted by molar-refractivity contribution is -0.176. The van der Waals surface area contributed by atoms with E-state index in [9.17, 15) is 35.1 Å². The molecule has 2 aromatic carbocycles. The highest BCUT2D eigenvalue weighted by molar-refractivity contribution is 14.1. The van der Waals surface area contributed by atoms with Crippen LogP contribution in [-0.4, -0.2) is 102 Å². The number of carbonyl (C=O) groups excluding carboxylic acids is 2. The van der Waals surface area contributed by atoms with Crippen LogP contribution in [-0.2, 0) is 14.3 Å². The van der Waals surface area contributed by atoms with Crippen LogP contribution in [0.2, 0.25) is 0 Å². The van der Waals surface area contributed by atoms with E-state index in [0.717, 1.165) is 10.4 Å². The van der Waals surface area contributed by atoms with Gasteiger partial charge in [-0.05, 0) is 112 Å². The molecule has 0 spiro atoms. The first kappa shape index (κ1) is 43.8. The SMILES string of the molecule is Cc1ccc2c(c1)-c1sc(/C=C/C(=O)NCCCN3C[C@H](C)C[C@@](C)(O)[C@H](O)[C@@H](C)[C@H](O)[C@@H](C)C(=O)O[C@H](I)[C@@](C)(O)[C@H](O)[C@H]3C)cc1-c1ccccc1S2. The zero-order valence-electron chi connectivity index (χ0n) is 32.5. The lowest BCUT2D eigenvalue weighted by Gasteiger charge is -2.42. The minimum atomic E-state index is -1.86. The molecule has 13 heteroatoms. The van der Waals surface area contributed by atoms with Gasteiger partial charge in [-0.2, -0.15) is 0 Å². The molecule has 300 valence electrons. The molecule has 0 unspecified atom stereocenters. The molecule has 5 rings (SSSR count). The van der Waals surface area contributed by atoms with Crippen LogP contribution >= 0.6 is 45.7 Å². The van der Waals surface area contributed by atoms with E-state index in [4.69, 9.17) is 4.74 Å². The number of thiophene rings is 1. The maximum absolute atomic E-state index is 13.0. The maximum Gasteiger partial charge on any atom is 0.312 e. The largest absolute Gasteiger partial charge is 0.448 e. The average molecular weight is 907 g/mol. The summed E-state index contributed by atoms with van der Waals surface area (Å²) in [6, 6.07) is 16.4. The maximum atomic E-state index is 13.0. The number of cyclic esters (lactones) is 1. The number of rotatable bonds is 6. The van der Waals surface area contributed by atoms with Gasteiger partial charge in [0.25, 0.3) is 0 Å². The first-order valence-electron chi connectivity index (χ1n) is 18.9. The molecule has 10 atom stereocenters. The Kier molecular flexibility index (Phi) is 14.4. The van der Waals surface area contributed by atoms with Crippen LogP contribution in [0.15, 0.2) is 64.4 Å². The number of aryl methyl sites for hydroxylation is 1. The third-order valence-electron chi connectivity index (χ3n) is 11.0. The lowest BCUT2D eigenvalue weighted by Crippen LogP contribution is -2.58. The van der Waals surface area contributed by atoms with Gasteiger partial charge in [0.1, 0.15) is 11.7 Å². The van der Waals surface area contributed by atoms with Crippen LogP contribution in [0.1, 0.15) is 64.8 Å². The van der Waals surface area contributed by atoms with E-state index < -0.39 is 57.5 Å². The van der Waals surface area contributed by atoms with Crippen molar-refractivity contribution < 1.29 is 39.9 Å². The van der Waals surface area contributed by atoms with Crippen molar-refractivity contribution in [3.8, 4) is 21.6 Å². The van der Waals surface area contributed by atoms with Crippen LogP contribution in [0, 0.1) is 24.7 Å². The smallest absolute Gasteiger partial charge is 0.312 e. The Bertz CT molecular complexity index is 1860. The molecule has 0 aliphatic carbocycles. The monoisotopic (exact) mass is 906 g/mol. The quantitative estimate of drug-likeness (QED) is 0.0429. The molecule has 1 aromatic heterocycles. The van der Waals surface area contributed by atoms with Gasteiger partial charge in [-0.25, -0.2) is 0 Å². The van der Waals surface area contributed by atoms with Crippen molar-refractivity contribution in [3.05, 3.63) is 65.0 Å². The summed E-state index contributed by atoms with van der Waals surface area (Å²) in [5, 5.41) is 59.4. The Labute approximate surface area is 346 Å². The van der Waals surface area contributed by atoms with Crippen molar-refractivity contribution in [1.29, 1.82) is 0 Å². The number of fused-ring (bicyclic) bond motifs is 5. The highest BCUT2D eigenvalue weighted by atomic mass is 127. The van der Waals surface area contributed by atoms with Gasteiger partial charge in [0.15, 0.2) is 4.11 Å².